The van der Waals surface area contributed by atoms with Crippen LogP contribution in [0.25, 0.3) is 0 Å². The van der Waals surface area contributed by atoms with Gasteiger partial charge in [-0.3, -0.25) is 0 Å². The Bertz CT molecular complexity index is 1220. The van der Waals surface area contributed by atoms with E-state index in [0.717, 1.165) is 11.1 Å². The summed E-state index contributed by atoms with van der Waals surface area (Å²) >= 11 is 0. The van der Waals surface area contributed by atoms with Crippen molar-refractivity contribution in [2.24, 2.45) is 0 Å². The molecule has 0 aromatic heterocycles. The summed E-state index contributed by atoms with van der Waals surface area (Å²) in [6.45, 7) is 5.89. The summed E-state index contributed by atoms with van der Waals surface area (Å²) in [5.74, 6) is -1.48. The lowest BCUT2D eigenvalue weighted by Crippen LogP contribution is -2.54. The molecule has 43 heavy (non-hydrogen) atoms. The first kappa shape index (κ1) is 32.4. The molecular weight excluding hydrogens is 558 g/mol. The molecule has 2 saturated heterocycles. The first-order valence-electron chi connectivity index (χ1n) is 14.3. The standard InChI is InChI=1S/C32H41NO10/c1-31(2,3)43-30(36)33-23(28(34)37-4)16-32(29(35)38-5)17-24-27(42-32)26(41-19-22-14-10-7-11-15-22)25(20-40-24)39-18-21-12-8-6-9-13-21/h6-15,23-27H,16-20H2,1-5H3,(H,33,36)/t23-,24+,25+,26+,27-,32+/m0/s1. The van der Waals surface area contributed by atoms with Crippen LogP contribution in [0.4, 0.5) is 4.79 Å². The Kier molecular flexibility index (Phi) is 10.8. The van der Waals surface area contributed by atoms with E-state index in [9.17, 15) is 14.4 Å². The van der Waals surface area contributed by atoms with Gasteiger partial charge in [0, 0.05) is 12.8 Å². The number of hydrogen-bond acceptors (Lipinski definition) is 10. The Morgan fingerprint density at radius 2 is 1.53 bits per heavy atom. The molecule has 0 saturated carbocycles. The van der Waals surface area contributed by atoms with Crippen molar-refractivity contribution < 1.29 is 47.5 Å². The van der Waals surface area contributed by atoms with Crippen LogP contribution >= 0.6 is 0 Å². The van der Waals surface area contributed by atoms with Crippen molar-refractivity contribution in [3.8, 4) is 0 Å². The number of carbonyl (C=O) groups is 3. The Balaban J connectivity index is 1.58. The van der Waals surface area contributed by atoms with E-state index >= 15 is 0 Å². The Morgan fingerprint density at radius 1 is 0.930 bits per heavy atom. The zero-order chi connectivity index (χ0) is 31.0. The SMILES string of the molecule is COC(=O)[C@H](C[C@]1(C(=O)OC)C[C@H]2OC[C@@H](OCc3ccccc3)[C@@H](OCc3ccccc3)[C@H]2O1)NC(=O)OC(C)(C)C. The number of benzene rings is 2. The van der Waals surface area contributed by atoms with Crippen molar-refractivity contribution in [1.29, 1.82) is 0 Å². The first-order valence-corrected chi connectivity index (χ1v) is 14.3. The predicted molar refractivity (Wildman–Crippen MR) is 154 cm³/mol. The molecule has 0 spiro atoms. The second kappa shape index (κ2) is 14.3. The zero-order valence-electron chi connectivity index (χ0n) is 25.3. The number of hydrogen-bond donors (Lipinski definition) is 1. The monoisotopic (exact) mass is 599 g/mol. The third-order valence-corrected chi connectivity index (χ3v) is 7.28. The molecule has 2 heterocycles. The normalized spacial score (nSPS) is 25.7. The Labute approximate surface area is 252 Å². The summed E-state index contributed by atoms with van der Waals surface area (Å²) < 4.78 is 40.8. The Hall–Kier alpha value is -3.51. The maximum atomic E-state index is 13.3. The van der Waals surface area contributed by atoms with Crippen LogP contribution < -0.4 is 5.32 Å². The van der Waals surface area contributed by atoms with Crippen LogP contribution in [0.15, 0.2) is 60.7 Å². The number of esters is 2. The van der Waals surface area contributed by atoms with Gasteiger partial charge in [0.25, 0.3) is 0 Å². The fraction of sp³-hybridized carbons (Fsp3) is 0.531. The van der Waals surface area contributed by atoms with Gasteiger partial charge < -0.3 is 38.5 Å². The van der Waals surface area contributed by atoms with Crippen LogP contribution in [0, 0.1) is 0 Å². The highest BCUT2D eigenvalue weighted by Crippen LogP contribution is 2.42. The lowest BCUT2D eigenvalue weighted by molar-refractivity contribution is -0.225. The average Bonchev–Trinajstić information content (AvgIpc) is 3.37. The maximum Gasteiger partial charge on any atom is 0.408 e. The highest BCUT2D eigenvalue weighted by Gasteiger charge is 2.60. The van der Waals surface area contributed by atoms with Crippen LogP contribution in [0.3, 0.4) is 0 Å². The largest absolute Gasteiger partial charge is 0.467 e. The molecule has 2 aromatic rings. The molecule has 2 aromatic carbocycles. The smallest absolute Gasteiger partial charge is 0.408 e. The molecule has 0 bridgehead atoms. The molecule has 2 aliphatic heterocycles. The van der Waals surface area contributed by atoms with E-state index in [1.807, 2.05) is 60.7 Å². The summed E-state index contributed by atoms with van der Waals surface area (Å²) in [5, 5.41) is 2.52. The number of rotatable bonds is 11. The van der Waals surface area contributed by atoms with Gasteiger partial charge in [-0.2, -0.15) is 0 Å². The number of nitrogens with one attached hydrogen (secondary N) is 1. The minimum absolute atomic E-state index is 0.0600. The number of methoxy groups -OCH3 is 2. The molecule has 0 unspecified atom stereocenters. The summed E-state index contributed by atoms with van der Waals surface area (Å²) in [4.78, 5) is 38.7. The van der Waals surface area contributed by atoms with Crippen molar-refractivity contribution in [2.75, 3.05) is 20.8 Å². The quantitative estimate of drug-likeness (QED) is 0.302. The van der Waals surface area contributed by atoms with Crippen molar-refractivity contribution in [3.63, 3.8) is 0 Å². The molecule has 6 atom stereocenters. The number of amides is 1. The van der Waals surface area contributed by atoms with E-state index in [-0.39, 0.29) is 26.1 Å². The average molecular weight is 600 g/mol. The number of alkyl carbamates (subject to hydrolysis) is 1. The molecule has 1 amide bonds. The maximum absolute atomic E-state index is 13.3. The van der Waals surface area contributed by atoms with Crippen molar-refractivity contribution >= 4 is 18.0 Å². The van der Waals surface area contributed by atoms with Gasteiger partial charge in [-0.25, -0.2) is 14.4 Å². The van der Waals surface area contributed by atoms with Crippen LogP contribution in [0.1, 0.15) is 44.7 Å². The van der Waals surface area contributed by atoms with Gasteiger partial charge in [0.1, 0.15) is 30.0 Å². The predicted octanol–water partition coefficient (Wildman–Crippen LogP) is 3.71. The molecule has 2 aliphatic rings. The van der Waals surface area contributed by atoms with Crippen LogP contribution in [-0.2, 0) is 56.0 Å². The molecule has 11 heteroatoms. The summed E-state index contributed by atoms with van der Waals surface area (Å²) in [5.41, 5.74) is -0.524. The lowest BCUT2D eigenvalue weighted by Gasteiger charge is -2.39. The second-order valence-electron chi connectivity index (χ2n) is 11.7. The Morgan fingerprint density at radius 3 is 2.09 bits per heavy atom. The molecule has 0 radical (unpaired) electrons. The minimum Gasteiger partial charge on any atom is -0.467 e. The van der Waals surface area contributed by atoms with E-state index in [4.69, 9.17) is 33.2 Å². The van der Waals surface area contributed by atoms with Crippen molar-refractivity contribution in [1.82, 2.24) is 5.32 Å². The zero-order valence-corrected chi connectivity index (χ0v) is 25.3. The molecule has 234 valence electrons. The highest BCUT2D eigenvalue weighted by atomic mass is 16.6. The third kappa shape index (κ3) is 8.54. The lowest BCUT2D eigenvalue weighted by atomic mass is 9.89. The third-order valence-electron chi connectivity index (χ3n) is 7.28. The van der Waals surface area contributed by atoms with Crippen LogP contribution in [0.2, 0.25) is 0 Å². The van der Waals surface area contributed by atoms with Gasteiger partial charge in [0.05, 0.1) is 40.1 Å². The van der Waals surface area contributed by atoms with Gasteiger partial charge in [-0.15, -0.1) is 0 Å². The van der Waals surface area contributed by atoms with Gasteiger partial charge in [0.2, 0.25) is 0 Å². The van der Waals surface area contributed by atoms with E-state index in [0.29, 0.717) is 6.61 Å². The number of carbonyl (C=O) groups excluding carboxylic acids is 3. The molecule has 2 fully saturated rings. The van der Waals surface area contributed by atoms with Gasteiger partial charge in [0.15, 0.2) is 5.60 Å². The van der Waals surface area contributed by atoms with Crippen molar-refractivity contribution in [3.05, 3.63) is 71.8 Å². The van der Waals surface area contributed by atoms with E-state index < -0.39 is 59.7 Å². The van der Waals surface area contributed by atoms with E-state index in [1.54, 1.807) is 20.8 Å². The molecule has 1 N–H and O–H groups in total. The summed E-state index contributed by atoms with van der Waals surface area (Å²) in [6.07, 6.45) is -3.51. The van der Waals surface area contributed by atoms with Gasteiger partial charge >= 0.3 is 18.0 Å². The fourth-order valence-corrected chi connectivity index (χ4v) is 5.32. The van der Waals surface area contributed by atoms with Crippen LogP contribution in [-0.4, -0.2) is 80.5 Å². The molecule has 4 rings (SSSR count). The highest BCUT2D eigenvalue weighted by molar-refractivity contribution is 5.85. The molecule has 11 nitrogen and oxygen atoms in total. The minimum atomic E-state index is -1.65. The number of ether oxygens (including phenoxy) is 7. The van der Waals surface area contributed by atoms with Crippen LogP contribution in [0.5, 0.6) is 0 Å². The summed E-state index contributed by atoms with van der Waals surface area (Å²) in [6, 6.07) is 18.1. The van der Waals surface area contributed by atoms with Gasteiger partial charge in [-0.1, -0.05) is 60.7 Å². The summed E-state index contributed by atoms with van der Waals surface area (Å²) in [7, 11) is 2.43. The number of fused-ring (bicyclic) bond motifs is 1. The molecular formula is C32H41NO10. The first-order chi connectivity index (χ1) is 20.5. The topological polar surface area (TPSA) is 128 Å². The van der Waals surface area contributed by atoms with E-state index in [2.05, 4.69) is 5.32 Å². The van der Waals surface area contributed by atoms with Gasteiger partial charge in [-0.05, 0) is 31.9 Å². The second-order valence-corrected chi connectivity index (χ2v) is 11.7. The van der Waals surface area contributed by atoms with E-state index in [1.165, 1.54) is 14.2 Å². The van der Waals surface area contributed by atoms with Crippen molar-refractivity contribution in [2.45, 2.75) is 88.5 Å². The molecule has 0 aliphatic carbocycles. The fourth-order valence-electron chi connectivity index (χ4n) is 5.32.